The number of hydrogen-bond acceptors (Lipinski definition) is 5. The Morgan fingerprint density at radius 1 is 1.53 bits per heavy atom. The van der Waals surface area contributed by atoms with E-state index < -0.39 is 0 Å². The first-order valence-corrected chi connectivity index (χ1v) is 4.54. The molecule has 0 bridgehead atoms. The SMILES string of the molecule is COc1ccc(O)c(-c2n[nH]c(=S)o2)c1. The minimum atomic E-state index is 0.0565. The molecule has 78 valence electrons. The molecule has 0 radical (unpaired) electrons. The van der Waals surface area contributed by atoms with Crippen molar-refractivity contribution in [1.82, 2.24) is 10.2 Å². The molecule has 0 fully saturated rings. The molecule has 1 aromatic heterocycles. The maximum absolute atomic E-state index is 9.59. The standard InChI is InChI=1S/C9H8N2O3S/c1-13-5-2-3-7(12)6(4-5)8-10-11-9(15)14-8/h2-4,12H,1H3,(H,11,15). The minimum Gasteiger partial charge on any atom is -0.507 e. The third kappa shape index (κ3) is 1.84. The third-order valence-electron chi connectivity index (χ3n) is 1.87. The quantitative estimate of drug-likeness (QED) is 0.764. The van der Waals surface area contributed by atoms with Crippen molar-refractivity contribution in [3.8, 4) is 23.0 Å². The number of benzene rings is 1. The fourth-order valence-corrected chi connectivity index (χ4v) is 1.28. The molecule has 1 heterocycles. The van der Waals surface area contributed by atoms with Crippen LogP contribution < -0.4 is 4.74 Å². The van der Waals surface area contributed by atoms with Gasteiger partial charge < -0.3 is 14.3 Å². The van der Waals surface area contributed by atoms with E-state index in [4.69, 9.17) is 21.4 Å². The molecule has 0 saturated carbocycles. The number of H-pyrrole nitrogens is 1. The lowest BCUT2D eigenvalue weighted by atomic mass is 10.2. The van der Waals surface area contributed by atoms with E-state index in [-0.39, 0.29) is 16.5 Å². The monoisotopic (exact) mass is 224 g/mol. The van der Waals surface area contributed by atoms with Crippen LogP contribution in [0.1, 0.15) is 0 Å². The van der Waals surface area contributed by atoms with Gasteiger partial charge in [0, 0.05) is 0 Å². The molecule has 0 aliphatic heterocycles. The maximum Gasteiger partial charge on any atom is 0.284 e. The largest absolute Gasteiger partial charge is 0.507 e. The van der Waals surface area contributed by atoms with Crippen LogP contribution >= 0.6 is 12.2 Å². The molecule has 15 heavy (non-hydrogen) atoms. The third-order valence-corrected chi connectivity index (χ3v) is 2.05. The van der Waals surface area contributed by atoms with Crippen LogP contribution in [0, 0.1) is 4.84 Å². The first kappa shape index (κ1) is 9.72. The molecule has 6 heteroatoms. The van der Waals surface area contributed by atoms with Gasteiger partial charge in [0.25, 0.3) is 4.84 Å². The Balaban J connectivity index is 2.56. The Kier molecular flexibility index (Phi) is 2.42. The van der Waals surface area contributed by atoms with E-state index in [0.29, 0.717) is 11.3 Å². The Hall–Kier alpha value is -1.82. The summed E-state index contributed by atoms with van der Waals surface area (Å²) in [6, 6.07) is 4.76. The zero-order valence-corrected chi connectivity index (χ0v) is 8.67. The Bertz CT molecular complexity index is 532. The molecule has 0 saturated heterocycles. The van der Waals surface area contributed by atoms with Gasteiger partial charge in [-0.05, 0) is 30.4 Å². The van der Waals surface area contributed by atoms with E-state index in [1.165, 1.54) is 13.2 Å². The number of methoxy groups -OCH3 is 1. The van der Waals surface area contributed by atoms with E-state index in [1.807, 2.05) is 0 Å². The highest BCUT2D eigenvalue weighted by Gasteiger charge is 2.10. The van der Waals surface area contributed by atoms with Crippen LogP contribution in [0.25, 0.3) is 11.5 Å². The maximum atomic E-state index is 9.59. The van der Waals surface area contributed by atoms with Gasteiger partial charge in [0.2, 0.25) is 5.89 Å². The summed E-state index contributed by atoms with van der Waals surface area (Å²) in [5.41, 5.74) is 0.432. The average molecular weight is 224 g/mol. The van der Waals surface area contributed by atoms with Crippen LogP contribution in [0.5, 0.6) is 11.5 Å². The van der Waals surface area contributed by atoms with Gasteiger partial charge in [0.05, 0.1) is 12.7 Å². The van der Waals surface area contributed by atoms with Gasteiger partial charge in [0.15, 0.2) is 0 Å². The predicted molar refractivity (Wildman–Crippen MR) is 55.3 cm³/mol. The van der Waals surface area contributed by atoms with Crippen molar-refractivity contribution in [2.75, 3.05) is 7.11 Å². The molecule has 1 aromatic carbocycles. The fourth-order valence-electron chi connectivity index (χ4n) is 1.16. The summed E-state index contributed by atoms with van der Waals surface area (Å²) < 4.78 is 10.1. The second kappa shape index (κ2) is 3.74. The molecule has 0 spiro atoms. The van der Waals surface area contributed by atoms with Gasteiger partial charge in [0.1, 0.15) is 11.5 Å². The number of hydrogen-bond donors (Lipinski definition) is 2. The highest BCUT2D eigenvalue weighted by molar-refractivity contribution is 7.71. The number of ether oxygens (including phenoxy) is 1. The van der Waals surface area contributed by atoms with Crippen LogP contribution in [-0.2, 0) is 0 Å². The molecule has 0 atom stereocenters. The van der Waals surface area contributed by atoms with Crippen LogP contribution in [0.3, 0.4) is 0 Å². The van der Waals surface area contributed by atoms with E-state index in [1.54, 1.807) is 12.1 Å². The van der Waals surface area contributed by atoms with Crippen molar-refractivity contribution in [3.63, 3.8) is 0 Å². The first-order chi connectivity index (χ1) is 7.20. The molecule has 0 aliphatic rings. The molecular formula is C9H8N2O3S. The number of rotatable bonds is 2. The number of phenolic OH excluding ortho intramolecular Hbond substituents is 1. The summed E-state index contributed by atoms with van der Waals surface area (Å²) in [4.78, 5) is 0.159. The van der Waals surface area contributed by atoms with Crippen molar-refractivity contribution < 1.29 is 14.3 Å². The molecule has 0 amide bonds. The van der Waals surface area contributed by atoms with Crippen molar-refractivity contribution >= 4 is 12.2 Å². The van der Waals surface area contributed by atoms with Crippen LogP contribution in [-0.4, -0.2) is 22.4 Å². The number of nitrogens with zero attached hydrogens (tertiary/aromatic N) is 1. The Labute approximate surface area is 90.3 Å². The lowest BCUT2D eigenvalue weighted by molar-refractivity contribution is 0.412. The van der Waals surface area contributed by atoms with Gasteiger partial charge in [-0.15, -0.1) is 5.10 Å². The molecule has 0 unspecified atom stereocenters. The Morgan fingerprint density at radius 2 is 2.33 bits per heavy atom. The van der Waals surface area contributed by atoms with Crippen LogP contribution in [0.15, 0.2) is 22.6 Å². The van der Waals surface area contributed by atoms with Crippen LogP contribution in [0.2, 0.25) is 0 Å². The number of aromatic hydroxyl groups is 1. The summed E-state index contributed by atoms with van der Waals surface area (Å²) in [6.07, 6.45) is 0. The highest BCUT2D eigenvalue weighted by atomic mass is 32.1. The average Bonchev–Trinajstić information content (AvgIpc) is 2.65. The van der Waals surface area contributed by atoms with E-state index in [0.717, 1.165) is 0 Å². The van der Waals surface area contributed by atoms with E-state index in [9.17, 15) is 5.11 Å². The van der Waals surface area contributed by atoms with Crippen molar-refractivity contribution in [2.24, 2.45) is 0 Å². The normalized spacial score (nSPS) is 10.2. The number of phenols is 1. The van der Waals surface area contributed by atoms with Crippen molar-refractivity contribution in [1.29, 1.82) is 0 Å². The summed E-state index contributed by atoms with van der Waals surface area (Å²) in [5.74, 6) is 0.893. The number of aromatic amines is 1. The van der Waals surface area contributed by atoms with Crippen LogP contribution in [0.4, 0.5) is 0 Å². The number of nitrogens with one attached hydrogen (secondary N) is 1. The van der Waals surface area contributed by atoms with Crippen molar-refractivity contribution in [3.05, 3.63) is 23.0 Å². The number of aromatic nitrogens is 2. The molecular weight excluding hydrogens is 216 g/mol. The van der Waals surface area contributed by atoms with E-state index >= 15 is 0 Å². The predicted octanol–water partition coefficient (Wildman–Crippen LogP) is 2.11. The zero-order chi connectivity index (χ0) is 10.8. The summed E-state index contributed by atoms with van der Waals surface area (Å²) in [7, 11) is 1.54. The van der Waals surface area contributed by atoms with Gasteiger partial charge in [-0.2, -0.15) is 0 Å². The van der Waals surface area contributed by atoms with Crippen molar-refractivity contribution in [2.45, 2.75) is 0 Å². The molecule has 0 aliphatic carbocycles. The highest BCUT2D eigenvalue weighted by Crippen LogP contribution is 2.31. The topological polar surface area (TPSA) is 71.3 Å². The van der Waals surface area contributed by atoms with Gasteiger partial charge >= 0.3 is 0 Å². The summed E-state index contributed by atoms with van der Waals surface area (Å²) >= 11 is 4.74. The zero-order valence-electron chi connectivity index (χ0n) is 7.85. The first-order valence-electron chi connectivity index (χ1n) is 4.13. The molecule has 5 nitrogen and oxygen atoms in total. The molecule has 2 N–H and O–H groups in total. The van der Waals surface area contributed by atoms with Gasteiger partial charge in [-0.1, -0.05) is 0 Å². The van der Waals surface area contributed by atoms with Gasteiger partial charge in [-0.25, -0.2) is 5.10 Å². The second-order valence-corrected chi connectivity index (χ2v) is 3.17. The lowest BCUT2D eigenvalue weighted by Crippen LogP contribution is -1.85. The summed E-state index contributed by atoms with van der Waals surface area (Å²) in [5, 5.41) is 15.9. The smallest absolute Gasteiger partial charge is 0.284 e. The Morgan fingerprint density at radius 3 is 2.93 bits per heavy atom. The minimum absolute atomic E-state index is 0.0565. The molecule has 2 rings (SSSR count). The summed E-state index contributed by atoms with van der Waals surface area (Å²) in [6.45, 7) is 0. The molecule has 2 aromatic rings. The fraction of sp³-hybridized carbons (Fsp3) is 0.111. The van der Waals surface area contributed by atoms with E-state index in [2.05, 4.69) is 10.2 Å². The lowest BCUT2D eigenvalue weighted by Gasteiger charge is -2.02. The second-order valence-electron chi connectivity index (χ2n) is 2.80. The van der Waals surface area contributed by atoms with Gasteiger partial charge in [-0.3, -0.25) is 0 Å².